The monoisotopic (exact) mass is 226 g/mol. The van der Waals surface area contributed by atoms with Gasteiger partial charge >= 0.3 is 0 Å². The van der Waals surface area contributed by atoms with Crippen LogP contribution in [0, 0.1) is 5.92 Å². The Bertz CT molecular complexity index is 274. The second-order valence-electron chi connectivity index (χ2n) is 4.60. The lowest BCUT2D eigenvalue weighted by molar-refractivity contribution is -0.133. The molecule has 0 fully saturated rings. The van der Waals surface area contributed by atoms with Crippen molar-refractivity contribution < 1.29 is 9.53 Å². The molecule has 1 atom stereocenters. The molecular formula is C12H22N2O2. The molecule has 0 bridgehead atoms. The van der Waals surface area contributed by atoms with Crippen LogP contribution in [0.3, 0.4) is 0 Å². The van der Waals surface area contributed by atoms with Gasteiger partial charge in [-0.05, 0) is 17.9 Å². The Morgan fingerprint density at radius 2 is 2.31 bits per heavy atom. The third-order valence-electron chi connectivity index (χ3n) is 2.95. The quantitative estimate of drug-likeness (QED) is 0.721. The molecule has 1 unspecified atom stereocenters. The van der Waals surface area contributed by atoms with Crippen LogP contribution < -0.4 is 5.73 Å². The van der Waals surface area contributed by atoms with Crippen LogP contribution in [0.4, 0.5) is 0 Å². The molecule has 0 aromatic rings. The van der Waals surface area contributed by atoms with E-state index in [9.17, 15) is 4.79 Å². The molecule has 4 nitrogen and oxygen atoms in total. The maximum atomic E-state index is 11.9. The second kappa shape index (κ2) is 6.01. The molecule has 0 radical (unpaired) electrons. The van der Waals surface area contributed by atoms with Gasteiger partial charge in [0.1, 0.15) is 0 Å². The number of ether oxygens (including phenoxy) is 1. The Morgan fingerprint density at radius 3 is 2.75 bits per heavy atom. The van der Waals surface area contributed by atoms with Crippen molar-refractivity contribution in [2.75, 3.05) is 26.8 Å². The molecule has 0 aromatic carbocycles. The Kier molecular flexibility index (Phi) is 4.96. The van der Waals surface area contributed by atoms with E-state index in [0.29, 0.717) is 13.2 Å². The fourth-order valence-electron chi connectivity index (χ4n) is 1.72. The zero-order chi connectivity index (χ0) is 12.1. The zero-order valence-electron chi connectivity index (χ0n) is 10.4. The first kappa shape index (κ1) is 13.2. The highest BCUT2D eigenvalue weighted by molar-refractivity contribution is 5.82. The van der Waals surface area contributed by atoms with Crippen molar-refractivity contribution in [1.29, 1.82) is 0 Å². The summed E-state index contributed by atoms with van der Waals surface area (Å²) >= 11 is 0. The van der Waals surface area contributed by atoms with Crippen molar-refractivity contribution in [3.05, 3.63) is 11.6 Å². The van der Waals surface area contributed by atoms with Crippen LogP contribution in [0.25, 0.3) is 0 Å². The first-order valence-corrected chi connectivity index (χ1v) is 5.77. The van der Waals surface area contributed by atoms with Gasteiger partial charge in [-0.15, -0.1) is 0 Å². The summed E-state index contributed by atoms with van der Waals surface area (Å²) in [6.45, 7) is 6.03. The van der Waals surface area contributed by atoms with E-state index >= 15 is 0 Å². The summed E-state index contributed by atoms with van der Waals surface area (Å²) in [6, 6.07) is -0.377. The lowest BCUT2D eigenvalue weighted by atomic mass is 10.0. The number of hydrogen-bond acceptors (Lipinski definition) is 3. The van der Waals surface area contributed by atoms with Crippen molar-refractivity contribution in [1.82, 2.24) is 4.90 Å². The second-order valence-corrected chi connectivity index (χ2v) is 4.60. The molecule has 0 saturated heterocycles. The molecule has 1 amide bonds. The molecular weight excluding hydrogens is 204 g/mol. The predicted molar refractivity (Wildman–Crippen MR) is 64.0 cm³/mol. The molecule has 1 rings (SSSR count). The Balaban J connectivity index is 2.50. The molecule has 92 valence electrons. The number of nitrogens with two attached hydrogens (primary N) is 1. The number of carbonyl (C=O) groups is 1. The van der Waals surface area contributed by atoms with Crippen molar-refractivity contribution in [3.63, 3.8) is 0 Å². The SMILES string of the molecule is COCC1=CCN(C(=O)C(N)C(C)C)CC1. The van der Waals surface area contributed by atoms with Crippen LogP contribution in [0.1, 0.15) is 20.3 Å². The van der Waals surface area contributed by atoms with Crippen LogP contribution in [0.15, 0.2) is 11.6 Å². The number of carbonyl (C=O) groups excluding carboxylic acids is 1. The van der Waals surface area contributed by atoms with Crippen LogP contribution in [-0.2, 0) is 9.53 Å². The topological polar surface area (TPSA) is 55.6 Å². The highest BCUT2D eigenvalue weighted by atomic mass is 16.5. The summed E-state index contributed by atoms with van der Waals surface area (Å²) in [5.74, 6) is 0.250. The van der Waals surface area contributed by atoms with Gasteiger partial charge in [0.2, 0.25) is 5.91 Å². The first-order valence-electron chi connectivity index (χ1n) is 5.77. The lowest BCUT2D eigenvalue weighted by Crippen LogP contribution is -2.48. The smallest absolute Gasteiger partial charge is 0.240 e. The lowest BCUT2D eigenvalue weighted by Gasteiger charge is -2.29. The standard InChI is InChI=1S/C12H22N2O2/c1-9(2)11(13)12(15)14-6-4-10(5-7-14)8-16-3/h4,9,11H,5-8,13H2,1-3H3. The molecule has 16 heavy (non-hydrogen) atoms. The van der Waals surface area contributed by atoms with Crippen LogP contribution >= 0.6 is 0 Å². The van der Waals surface area contributed by atoms with E-state index < -0.39 is 0 Å². The minimum atomic E-state index is -0.377. The van der Waals surface area contributed by atoms with Gasteiger partial charge in [0.15, 0.2) is 0 Å². The summed E-state index contributed by atoms with van der Waals surface area (Å²) in [4.78, 5) is 13.8. The van der Waals surface area contributed by atoms with E-state index in [2.05, 4.69) is 6.08 Å². The number of methoxy groups -OCH3 is 1. The van der Waals surface area contributed by atoms with Gasteiger partial charge in [-0.2, -0.15) is 0 Å². The maximum Gasteiger partial charge on any atom is 0.240 e. The van der Waals surface area contributed by atoms with Gasteiger partial charge in [-0.25, -0.2) is 0 Å². The Hall–Kier alpha value is -0.870. The zero-order valence-corrected chi connectivity index (χ0v) is 10.4. The molecule has 0 spiro atoms. The van der Waals surface area contributed by atoms with Gasteiger partial charge in [-0.1, -0.05) is 19.9 Å². The highest BCUT2D eigenvalue weighted by Gasteiger charge is 2.24. The van der Waals surface area contributed by atoms with Gasteiger partial charge in [0, 0.05) is 20.2 Å². The summed E-state index contributed by atoms with van der Waals surface area (Å²) in [6.07, 6.45) is 2.96. The van der Waals surface area contributed by atoms with E-state index in [4.69, 9.17) is 10.5 Å². The Labute approximate surface area is 97.4 Å². The fourth-order valence-corrected chi connectivity index (χ4v) is 1.72. The van der Waals surface area contributed by atoms with Crippen molar-refractivity contribution >= 4 is 5.91 Å². The van der Waals surface area contributed by atoms with Crippen molar-refractivity contribution in [2.45, 2.75) is 26.3 Å². The first-order chi connectivity index (χ1) is 7.56. The minimum Gasteiger partial charge on any atom is -0.380 e. The fraction of sp³-hybridized carbons (Fsp3) is 0.750. The maximum absolute atomic E-state index is 11.9. The molecule has 1 aliphatic rings. The van der Waals surface area contributed by atoms with Gasteiger partial charge < -0.3 is 15.4 Å². The average molecular weight is 226 g/mol. The Morgan fingerprint density at radius 1 is 1.62 bits per heavy atom. The molecule has 2 N–H and O–H groups in total. The number of amides is 1. The molecule has 0 aliphatic carbocycles. The summed E-state index contributed by atoms with van der Waals surface area (Å²) in [7, 11) is 1.69. The van der Waals surface area contributed by atoms with E-state index in [1.807, 2.05) is 18.7 Å². The summed E-state index contributed by atoms with van der Waals surface area (Å²) in [5.41, 5.74) is 7.12. The number of hydrogen-bond donors (Lipinski definition) is 1. The third kappa shape index (κ3) is 3.32. The van der Waals surface area contributed by atoms with Crippen molar-refractivity contribution in [3.8, 4) is 0 Å². The van der Waals surface area contributed by atoms with E-state index in [0.717, 1.165) is 13.0 Å². The van der Waals surface area contributed by atoms with E-state index in [-0.39, 0.29) is 17.9 Å². The molecule has 0 saturated carbocycles. The van der Waals surface area contributed by atoms with Crippen LogP contribution in [0.5, 0.6) is 0 Å². The van der Waals surface area contributed by atoms with Gasteiger partial charge in [-0.3, -0.25) is 4.79 Å². The van der Waals surface area contributed by atoms with E-state index in [1.54, 1.807) is 7.11 Å². The molecule has 1 aliphatic heterocycles. The predicted octanol–water partition coefficient (Wildman–Crippen LogP) is 0.775. The highest BCUT2D eigenvalue weighted by Crippen LogP contribution is 2.13. The van der Waals surface area contributed by atoms with Crippen molar-refractivity contribution in [2.24, 2.45) is 11.7 Å². The summed E-state index contributed by atoms with van der Waals surface area (Å²) < 4.78 is 5.07. The molecule has 0 aromatic heterocycles. The van der Waals surface area contributed by atoms with Gasteiger partial charge in [0.05, 0.1) is 12.6 Å². The number of nitrogens with zero attached hydrogens (tertiary/aromatic N) is 1. The summed E-state index contributed by atoms with van der Waals surface area (Å²) in [5, 5.41) is 0. The van der Waals surface area contributed by atoms with Crippen LogP contribution in [0.2, 0.25) is 0 Å². The van der Waals surface area contributed by atoms with E-state index in [1.165, 1.54) is 5.57 Å². The molecule has 4 heteroatoms. The van der Waals surface area contributed by atoms with Crippen LogP contribution in [-0.4, -0.2) is 43.7 Å². The average Bonchev–Trinajstić information content (AvgIpc) is 2.28. The third-order valence-corrected chi connectivity index (χ3v) is 2.95. The normalized spacial score (nSPS) is 18.6. The largest absolute Gasteiger partial charge is 0.380 e. The van der Waals surface area contributed by atoms with Gasteiger partial charge in [0.25, 0.3) is 0 Å². The number of rotatable bonds is 4. The minimum absolute atomic E-state index is 0.0581. The molecule has 1 heterocycles.